The van der Waals surface area contributed by atoms with Crippen molar-refractivity contribution in [1.82, 2.24) is 20.2 Å². The summed E-state index contributed by atoms with van der Waals surface area (Å²) in [5.41, 5.74) is -0.842. The molecular formula is C17H13F4N5O2. The van der Waals surface area contributed by atoms with E-state index in [4.69, 9.17) is 9.15 Å². The highest BCUT2D eigenvalue weighted by Gasteiger charge is 2.49. The molecule has 1 aromatic carbocycles. The molecule has 1 saturated carbocycles. The van der Waals surface area contributed by atoms with Crippen molar-refractivity contribution in [2.24, 2.45) is 0 Å². The minimum absolute atomic E-state index is 0.0814. The molecule has 7 nitrogen and oxygen atoms in total. The standard InChI is InChI=1S/C17H13F4N5O2/c1-27-9-4-10(18)12(11(19)5-9)17(2-3-17)24-16-22-6-8(7-23-16)14-25-26-15(28-14)13(20)21/h4-7,13H,2-3H2,1H3,(H,22,23,24). The van der Waals surface area contributed by atoms with Gasteiger partial charge in [0.2, 0.25) is 5.95 Å². The highest BCUT2D eigenvalue weighted by atomic mass is 19.3. The molecule has 0 spiro atoms. The second-order valence-electron chi connectivity index (χ2n) is 6.21. The molecule has 0 aliphatic heterocycles. The van der Waals surface area contributed by atoms with Crippen molar-refractivity contribution in [3.05, 3.63) is 47.6 Å². The lowest BCUT2D eigenvalue weighted by molar-refractivity contribution is 0.116. The first-order chi connectivity index (χ1) is 13.4. The van der Waals surface area contributed by atoms with Crippen LogP contribution in [0.3, 0.4) is 0 Å². The lowest BCUT2D eigenvalue weighted by Gasteiger charge is -2.19. The third kappa shape index (κ3) is 3.23. The zero-order valence-corrected chi connectivity index (χ0v) is 14.4. The van der Waals surface area contributed by atoms with Crippen molar-refractivity contribution in [3.63, 3.8) is 0 Å². The van der Waals surface area contributed by atoms with Crippen molar-refractivity contribution in [2.75, 3.05) is 12.4 Å². The topological polar surface area (TPSA) is 86.0 Å². The number of aromatic nitrogens is 4. The van der Waals surface area contributed by atoms with Gasteiger partial charge in [0.1, 0.15) is 17.4 Å². The number of anilines is 1. The second kappa shape index (κ2) is 6.73. The number of benzene rings is 1. The van der Waals surface area contributed by atoms with Crippen molar-refractivity contribution in [3.8, 4) is 17.2 Å². The van der Waals surface area contributed by atoms with Crippen LogP contribution in [0.1, 0.15) is 30.7 Å². The molecule has 0 amide bonds. The van der Waals surface area contributed by atoms with Crippen LogP contribution in [0.15, 0.2) is 28.9 Å². The lowest BCUT2D eigenvalue weighted by atomic mass is 10.0. The van der Waals surface area contributed by atoms with Gasteiger partial charge in [0.25, 0.3) is 11.8 Å². The normalized spacial score (nSPS) is 14.9. The molecule has 0 atom stereocenters. The Kier molecular flexibility index (Phi) is 4.36. The van der Waals surface area contributed by atoms with Gasteiger partial charge >= 0.3 is 6.43 Å². The maximum Gasteiger partial charge on any atom is 0.314 e. The third-order valence-electron chi connectivity index (χ3n) is 4.36. The first-order valence-electron chi connectivity index (χ1n) is 8.17. The minimum Gasteiger partial charge on any atom is -0.497 e. The summed E-state index contributed by atoms with van der Waals surface area (Å²) in [7, 11) is 1.32. The zero-order chi connectivity index (χ0) is 19.9. The van der Waals surface area contributed by atoms with Crippen LogP contribution in [0.25, 0.3) is 11.5 Å². The Morgan fingerprint density at radius 1 is 1.11 bits per heavy atom. The number of alkyl halides is 2. The molecular weight excluding hydrogens is 382 g/mol. The van der Waals surface area contributed by atoms with E-state index in [-0.39, 0.29) is 28.7 Å². The molecule has 1 N–H and O–H groups in total. The van der Waals surface area contributed by atoms with Crippen molar-refractivity contribution >= 4 is 5.95 Å². The smallest absolute Gasteiger partial charge is 0.314 e. The van der Waals surface area contributed by atoms with Gasteiger partial charge in [0, 0.05) is 30.1 Å². The predicted molar refractivity (Wildman–Crippen MR) is 87.7 cm³/mol. The molecule has 0 radical (unpaired) electrons. The summed E-state index contributed by atoms with van der Waals surface area (Å²) < 4.78 is 63.5. The van der Waals surface area contributed by atoms with Gasteiger partial charge in [-0.15, -0.1) is 10.2 Å². The number of nitrogens with one attached hydrogen (secondary N) is 1. The van der Waals surface area contributed by atoms with Gasteiger partial charge in [-0.05, 0) is 12.8 Å². The van der Waals surface area contributed by atoms with Crippen LogP contribution in [0, 0.1) is 11.6 Å². The monoisotopic (exact) mass is 395 g/mol. The number of ether oxygens (including phenoxy) is 1. The van der Waals surface area contributed by atoms with E-state index in [9.17, 15) is 17.6 Å². The van der Waals surface area contributed by atoms with Gasteiger partial charge in [-0.1, -0.05) is 0 Å². The summed E-state index contributed by atoms with van der Waals surface area (Å²) in [5, 5.41) is 9.67. The average molecular weight is 395 g/mol. The summed E-state index contributed by atoms with van der Waals surface area (Å²) in [5.74, 6) is -2.23. The largest absolute Gasteiger partial charge is 0.497 e. The molecule has 2 aromatic heterocycles. The first-order valence-corrected chi connectivity index (χ1v) is 8.17. The first kappa shape index (κ1) is 18.1. The van der Waals surface area contributed by atoms with Crippen molar-refractivity contribution in [1.29, 1.82) is 0 Å². The van der Waals surface area contributed by atoms with Gasteiger partial charge in [-0.2, -0.15) is 8.78 Å². The molecule has 0 unspecified atom stereocenters. The molecule has 28 heavy (non-hydrogen) atoms. The van der Waals surface area contributed by atoms with E-state index in [0.717, 1.165) is 12.1 Å². The number of halogens is 4. The second-order valence-corrected chi connectivity index (χ2v) is 6.21. The van der Waals surface area contributed by atoms with Crippen LogP contribution in [-0.2, 0) is 5.54 Å². The molecule has 3 aromatic rings. The van der Waals surface area contributed by atoms with E-state index >= 15 is 0 Å². The molecule has 1 fully saturated rings. The van der Waals surface area contributed by atoms with Crippen LogP contribution in [0.5, 0.6) is 5.75 Å². The van der Waals surface area contributed by atoms with Crippen molar-refractivity contribution in [2.45, 2.75) is 24.8 Å². The fraction of sp³-hybridized carbons (Fsp3) is 0.294. The number of methoxy groups -OCH3 is 1. The maximum absolute atomic E-state index is 14.4. The van der Waals surface area contributed by atoms with Crippen LogP contribution in [0.2, 0.25) is 0 Å². The van der Waals surface area contributed by atoms with Crippen molar-refractivity contribution < 1.29 is 26.7 Å². The molecule has 0 bridgehead atoms. The molecule has 1 aliphatic rings. The minimum atomic E-state index is -2.88. The maximum atomic E-state index is 14.4. The molecule has 4 rings (SSSR count). The van der Waals surface area contributed by atoms with Gasteiger partial charge in [-0.25, -0.2) is 18.7 Å². The Hall–Kier alpha value is -3.24. The van der Waals surface area contributed by atoms with Gasteiger partial charge in [-0.3, -0.25) is 0 Å². The quantitative estimate of drug-likeness (QED) is 0.635. The van der Waals surface area contributed by atoms with Gasteiger partial charge < -0.3 is 14.5 Å². The van der Waals surface area contributed by atoms with Crippen LogP contribution in [-0.4, -0.2) is 27.3 Å². The molecule has 1 aliphatic carbocycles. The fourth-order valence-electron chi connectivity index (χ4n) is 2.84. The lowest BCUT2D eigenvalue weighted by Crippen LogP contribution is -2.23. The van der Waals surface area contributed by atoms with E-state index in [0.29, 0.717) is 12.8 Å². The highest BCUT2D eigenvalue weighted by molar-refractivity contribution is 5.52. The van der Waals surface area contributed by atoms with E-state index in [2.05, 4.69) is 25.5 Å². The highest BCUT2D eigenvalue weighted by Crippen LogP contribution is 2.50. The van der Waals surface area contributed by atoms with Gasteiger partial charge in [0.15, 0.2) is 0 Å². The van der Waals surface area contributed by atoms with Crippen LogP contribution < -0.4 is 10.1 Å². The molecule has 2 heterocycles. The fourth-order valence-corrected chi connectivity index (χ4v) is 2.84. The Labute approximate surface area is 155 Å². The predicted octanol–water partition coefficient (Wildman–Crippen LogP) is 3.85. The number of hydrogen-bond donors (Lipinski definition) is 1. The average Bonchev–Trinajstić information content (AvgIpc) is 3.24. The summed E-state index contributed by atoms with van der Waals surface area (Å²) in [4.78, 5) is 8.09. The van der Waals surface area contributed by atoms with Gasteiger partial charge in [0.05, 0.1) is 18.2 Å². The molecule has 11 heteroatoms. The van der Waals surface area contributed by atoms with E-state index in [1.165, 1.54) is 19.5 Å². The number of rotatable bonds is 6. The van der Waals surface area contributed by atoms with Crippen LogP contribution in [0.4, 0.5) is 23.5 Å². The third-order valence-corrected chi connectivity index (χ3v) is 4.36. The summed E-state index contributed by atoms with van der Waals surface area (Å²) in [6.07, 6.45) is 0.663. The molecule has 0 saturated heterocycles. The van der Waals surface area contributed by atoms with E-state index in [1.807, 2.05) is 0 Å². The summed E-state index contributed by atoms with van der Waals surface area (Å²) in [6, 6.07) is 2.22. The summed E-state index contributed by atoms with van der Waals surface area (Å²) in [6.45, 7) is 0. The Balaban J connectivity index is 1.56. The van der Waals surface area contributed by atoms with Crippen LogP contribution >= 0.6 is 0 Å². The van der Waals surface area contributed by atoms with E-state index < -0.39 is 29.5 Å². The Morgan fingerprint density at radius 2 is 1.75 bits per heavy atom. The number of nitrogens with zero attached hydrogens (tertiary/aromatic N) is 4. The number of hydrogen-bond acceptors (Lipinski definition) is 7. The molecule has 146 valence electrons. The zero-order valence-electron chi connectivity index (χ0n) is 14.4. The SMILES string of the molecule is COc1cc(F)c(C2(Nc3ncc(-c4nnc(C(F)F)o4)cn3)CC2)c(F)c1. The Bertz CT molecular complexity index is 982. The summed E-state index contributed by atoms with van der Waals surface area (Å²) >= 11 is 0. The van der Waals surface area contributed by atoms with E-state index in [1.54, 1.807) is 0 Å². The Morgan fingerprint density at radius 3 is 2.25 bits per heavy atom.